The van der Waals surface area contributed by atoms with Crippen LogP contribution in [0.25, 0.3) is 94.4 Å². The molecule has 0 saturated heterocycles. The first-order valence-corrected chi connectivity index (χ1v) is 29.0. The van der Waals surface area contributed by atoms with Crippen molar-refractivity contribution >= 4 is 44.6 Å². The Balaban J connectivity index is 0.00000729. The van der Waals surface area contributed by atoms with E-state index in [4.69, 9.17) is 9.72 Å². The summed E-state index contributed by atoms with van der Waals surface area (Å²) in [6, 6.07) is 90.9. The molecule has 0 bridgehead atoms. The molecule has 14 rings (SSSR count). The predicted molar refractivity (Wildman–Crippen MR) is 354 cm³/mol. The quantitative estimate of drug-likeness (QED) is 0.121. The van der Waals surface area contributed by atoms with Gasteiger partial charge in [0, 0.05) is 79.4 Å². The summed E-state index contributed by atoms with van der Waals surface area (Å²) >= 11 is 0. The van der Waals surface area contributed by atoms with Gasteiger partial charge in [0.2, 0.25) is 0 Å². The van der Waals surface area contributed by atoms with E-state index in [1.807, 2.05) is 84.5 Å². The third kappa shape index (κ3) is 10.5. The van der Waals surface area contributed by atoms with Crippen molar-refractivity contribution in [2.24, 2.45) is 0 Å². The third-order valence-electron chi connectivity index (χ3n) is 16.3. The summed E-state index contributed by atoms with van der Waals surface area (Å²) in [4.78, 5) is 9.37. The molecule has 86 heavy (non-hydrogen) atoms. The molecular formula is C80H63N4OPt-3. The second-order valence-corrected chi connectivity index (χ2v) is 23.9. The Hall–Kier alpha value is -9.54. The minimum absolute atomic E-state index is 0. The largest absolute Gasteiger partial charge is 0.509 e. The summed E-state index contributed by atoms with van der Waals surface area (Å²) < 4.78 is 38.1. The second kappa shape index (κ2) is 22.8. The van der Waals surface area contributed by atoms with E-state index < -0.39 is 0 Å². The first-order chi connectivity index (χ1) is 42.7. The zero-order valence-electron chi connectivity index (χ0n) is 51.8. The maximum Gasteiger partial charge on any atom is 0.135 e. The van der Waals surface area contributed by atoms with Gasteiger partial charge in [-0.25, -0.2) is 4.98 Å². The van der Waals surface area contributed by atoms with Gasteiger partial charge in [0.1, 0.15) is 5.82 Å². The molecule has 0 aliphatic carbocycles. The number of hydrogen-bond donors (Lipinski definition) is 0. The van der Waals surface area contributed by atoms with E-state index in [0.717, 1.165) is 117 Å². The molecule has 0 fully saturated rings. The SMILES string of the molecule is [2H]c1c(Oc2[c-]c3c(cc2-c2ccccc2)c2cc(-c4ccccc4)ccc2n3-c2cc(C(C)(C)C)c(-c3ccccc3)cn2)[c-]c(N2[CH-]N(c3c(-c4ccc(C(C)(C)C)cc4)cccc3-c3cccc(-c4ccccc4)c3)c3ccccc32)c([2H])c1[2H].[Pt]. The van der Waals surface area contributed by atoms with Crippen LogP contribution < -0.4 is 14.5 Å². The smallest absolute Gasteiger partial charge is 0.135 e. The molecule has 5 nitrogen and oxygen atoms in total. The number of ether oxygens (including phenoxy) is 1. The van der Waals surface area contributed by atoms with Crippen LogP contribution in [0.15, 0.2) is 267 Å². The van der Waals surface area contributed by atoms with Gasteiger partial charge < -0.3 is 19.1 Å². The number of rotatable bonds is 11. The van der Waals surface area contributed by atoms with E-state index in [-0.39, 0.29) is 61.5 Å². The van der Waals surface area contributed by atoms with E-state index in [1.165, 1.54) is 5.56 Å². The van der Waals surface area contributed by atoms with Crippen molar-refractivity contribution in [1.29, 1.82) is 0 Å². The van der Waals surface area contributed by atoms with Crippen molar-refractivity contribution in [3.8, 4) is 84.1 Å². The number of anilines is 4. The van der Waals surface area contributed by atoms with Gasteiger partial charge in [-0.2, -0.15) is 12.1 Å². The van der Waals surface area contributed by atoms with E-state index in [1.54, 1.807) is 0 Å². The van der Waals surface area contributed by atoms with Crippen LogP contribution in [-0.4, -0.2) is 9.55 Å². The molecule has 0 N–H and O–H groups in total. The van der Waals surface area contributed by atoms with Gasteiger partial charge in [0.05, 0.1) is 0 Å². The molecule has 0 unspecified atom stereocenters. The third-order valence-corrected chi connectivity index (χ3v) is 16.3. The Morgan fingerprint density at radius 1 is 0.453 bits per heavy atom. The monoisotopic (exact) mass is 1290 g/mol. The van der Waals surface area contributed by atoms with Crippen LogP contribution in [0.1, 0.15) is 56.8 Å². The molecule has 13 aromatic rings. The van der Waals surface area contributed by atoms with E-state index in [2.05, 4.69) is 239 Å². The van der Waals surface area contributed by atoms with Crippen molar-refractivity contribution in [1.82, 2.24) is 9.55 Å². The van der Waals surface area contributed by atoms with E-state index in [9.17, 15) is 4.11 Å². The van der Waals surface area contributed by atoms with Gasteiger partial charge in [-0.1, -0.05) is 264 Å². The molecule has 0 radical (unpaired) electrons. The molecule has 1 aliphatic rings. The first-order valence-electron chi connectivity index (χ1n) is 30.5. The zero-order chi connectivity index (χ0) is 60.4. The standard InChI is InChI=1S/C80H63N4O.Pt/c1-79(2,3)62-43-40-58(41-44-62)65-36-23-37-66(61-33-21-32-59(46-61)54-24-11-7-12-25-54)78(65)83-53-82(73-38-19-20-39-74(73)83)63-34-22-35-64(48-63)85-76-51-75-69(49-67(76)56-28-15-9-16-29-56)68-47-60(55-26-13-8-14-27-55)42-45-72(68)84(75)77-50-71(80(4,5)6)70(52-81-77)57-30-17-10-18-31-57;/h7-47,49-50,52-53H,1-6H3;/q-3;/i22D,34D,35D;. The predicted octanol–water partition coefficient (Wildman–Crippen LogP) is 21.6. The van der Waals surface area contributed by atoms with Crippen molar-refractivity contribution in [2.75, 3.05) is 9.80 Å². The van der Waals surface area contributed by atoms with E-state index in [0.29, 0.717) is 5.75 Å². The Labute approximate surface area is 524 Å². The van der Waals surface area contributed by atoms with Gasteiger partial charge in [0.15, 0.2) is 0 Å². The molecular weight excluding hydrogens is 1230 g/mol. The van der Waals surface area contributed by atoms with Crippen LogP contribution in [0.3, 0.4) is 0 Å². The van der Waals surface area contributed by atoms with Crippen LogP contribution in [-0.2, 0) is 31.9 Å². The molecule has 11 aromatic carbocycles. The molecule has 0 saturated carbocycles. The maximum atomic E-state index is 9.71. The number of aromatic nitrogens is 2. The Morgan fingerprint density at radius 3 is 1.63 bits per heavy atom. The average molecular weight is 1290 g/mol. The Kier molecular flexibility index (Phi) is 13.8. The van der Waals surface area contributed by atoms with Crippen molar-refractivity contribution in [3.63, 3.8) is 0 Å². The zero-order valence-corrected chi connectivity index (χ0v) is 51.0. The van der Waals surface area contributed by atoms with Crippen LogP contribution >= 0.6 is 0 Å². The molecule has 422 valence electrons. The summed E-state index contributed by atoms with van der Waals surface area (Å²) in [6.07, 6.45) is 1.99. The number of pyridine rings is 1. The summed E-state index contributed by atoms with van der Waals surface area (Å²) in [7, 11) is 0. The summed E-state index contributed by atoms with van der Waals surface area (Å²) in [5.74, 6) is 1.04. The molecule has 0 atom stereocenters. The van der Waals surface area contributed by atoms with Crippen LogP contribution in [0, 0.1) is 18.8 Å². The summed E-state index contributed by atoms with van der Waals surface area (Å²) in [6.45, 7) is 15.4. The molecule has 0 amide bonds. The van der Waals surface area contributed by atoms with Crippen LogP contribution in [0.2, 0.25) is 0 Å². The summed E-state index contributed by atoms with van der Waals surface area (Å²) in [5.41, 5.74) is 18.9. The number of hydrogen-bond acceptors (Lipinski definition) is 4. The normalized spacial score (nSPS) is 12.8. The fourth-order valence-corrected chi connectivity index (χ4v) is 11.9. The summed E-state index contributed by atoms with van der Waals surface area (Å²) in [5, 5.41) is 1.94. The molecule has 3 heterocycles. The van der Waals surface area contributed by atoms with E-state index >= 15 is 0 Å². The van der Waals surface area contributed by atoms with Gasteiger partial charge in [-0.05, 0) is 99.4 Å². The fourth-order valence-electron chi connectivity index (χ4n) is 11.9. The Bertz CT molecular complexity index is 4790. The van der Waals surface area contributed by atoms with Crippen molar-refractivity contribution in [2.45, 2.75) is 52.4 Å². The topological polar surface area (TPSA) is 33.5 Å². The molecule has 6 heteroatoms. The van der Waals surface area contributed by atoms with Gasteiger partial charge in [-0.15, -0.1) is 42.0 Å². The minimum Gasteiger partial charge on any atom is -0.509 e. The van der Waals surface area contributed by atoms with Gasteiger partial charge in [0.25, 0.3) is 0 Å². The fraction of sp³-hybridized carbons (Fsp3) is 0.100. The Morgan fingerprint density at radius 2 is 0.988 bits per heavy atom. The number of benzene rings is 11. The number of para-hydroxylation sites is 3. The van der Waals surface area contributed by atoms with Gasteiger partial charge >= 0.3 is 0 Å². The van der Waals surface area contributed by atoms with Crippen molar-refractivity contribution in [3.05, 3.63) is 297 Å². The van der Waals surface area contributed by atoms with Crippen LogP contribution in [0.5, 0.6) is 11.5 Å². The number of nitrogens with zero attached hydrogens (tertiary/aromatic N) is 4. The average Bonchev–Trinajstić information content (AvgIpc) is 3.07. The second-order valence-electron chi connectivity index (χ2n) is 23.9. The van der Waals surface area contributed by atoms with Gasteiger partial charge in [-0.3, -0.25) is 0 Å². The van der Waals surface area contributed by atoms with Crippen molar-refractivity contribution < 1.29 is 29.9 Å². The maximum absolute atomic E-state index is 9.71. The van der Waals surface area contributed by atoms with Crippen LogP contribution in [0.4, 0.5) is 22.7 Å². The molecule has 1 aliphatic heterocycles. The number of fused-ring (bicyclic) bond motifs is 4. The molecule has 0 spiro atoms. The minimum atomic E-state index is -0.298. The molecule has 2 aromatic heterocycles. The first kappa shape index (κ1) is 52.0.